The van der Waals surface area contributed by atoms with E-state index in [0.717, 1.165) is 27.8 Å². The number of oxazole rings is 1. The second-order valence-corrected chi connectivity index (χ2v) is 7.23. The van der Waals surface area contributed by atoms with Crippen LogP contribution in [0.4, 0.5) is 5.69 Å². The summed E-state index contributed by atoms with van der Waals surface area (Å²) in [5.41, 5.74) is 5.30. The fraction of sp³-hybridized carbons (Fsp3) is 0.0870. The smallest absolute Gasteiger partial charge is 0.250 e. The van der Waals surface area contributed by atoms with E-state index < -0.39 is 0 Å². The first-order chi connectivity index (χ1) is 14.5. The van der Waals surface area contributed by atoms with Gasteiger partial charge in [-0.05, 0) is 79.7 Å². The van der Waals surface area contributed by atoms with Crippen LogP contribution in [0.15, 0.2) is 69.7 Å². The van der Waals surface area contributed by atoms with Gasteiger partial charge in [0, 0.05) is 17.3 Å². The van der Waals surface area contributed by atoms with Crippen molar-refractivity contribution >= 4 is 46.1 Å². The standard InChI is InChI=1S/C23H19N3O3S/c1-14-11-15(2)21-19(12-14)25-22(29-21)16-5-3-6-17(13-16)24-23(30)26-20(27)9-8-18-7-4-10-28-18/h3-13H,1-2H3,(H2,24,26,27,30). The summed E-state index contributed by atoms with van der Waals surface area (Å²) in [5.74, 6) is 0.754. The van der Waals surface area contributed by atoms with E-state index >= 15 is 0 Å². The van der Waals surface area contributed by atoms with E-state index in [-0.39, 0.29) is 11.0 Å². The number of anilines is 1. The maximum atomic E-state index is 12.0. The first-order valence-electron chi connectivity index (χ1n) is 9.30. The molecule has 0 radical (unpaired) electrons. The summed E-state index contributed by atoms with van der Waals surface area (Å²) in [5, 5.41) is 5.79. The number of amides is 1. The van der Waals surface area contributed by atoms with Gasteiger partial charge in [0.1, 0.15) is 11.3 Å². The Morgan fingerprint density at radius 1 is 1.13 bits per heavy atom. The molecule has 150 valence electrons. The highest BCUT2D eigenvalue weighted by atomic mass is 32.1. The zero-order valence-electron chi connectivity index (χ0n) is 16.4. The Kier molecular flexibility index (Phi) is 5.45. The van der Waals surface area contributed by atoms with Crippen molar-refractivity contribution in [3.05, 3.63) is 77.8 Å². The molecule has 7 heteroatoms. The third-order valence-electron chi connectivity index (χ3n) is 4.37. The number of thiocarbonyl (C=S) groups is 1. The average Bonchev–Trinajstić information content (AvgIpc) is 3.36. The number of benzene rings is 2. The van der Waals surface area contributed by atoms with Crippen molar-refractivity contribution in [2.24, 2.45) is 0 Å². The molecule has 6 nitrogen and oxygen atoms in total. The van der Waals surface area contributed by atoms with Gasteiger partial charge in [0.25, 0.3) is 0 Å². The van der Waals surface area contributed by atoms with Gasteiger partial charge in [-0.25, -0.2) is 4.98 Å². The van der Waals surface area contributed by atoms with Crippen molar-refractivity contribution < 1.29 is 13.6 Å². The molecular formula is C23H19N3O3S. The van der Waals surface area contributed by atoms with Gasteiger partial charge in [0.05, 0.1) is 6.26 Å². The second kappa shape index (κ2) is 8.34. The quantitative estimate of drug-likeness (QED) is 0.350. The van der Waals surface area contributed by atoms with Gasteiger partial charge in [-0.1, -0.05) is 12.1 Å². The molecule has 0 aliphatic heterocycles. The van der Waals surface area contributed by atoms with Gasteiger partial charge in [-0.2, -0.15) is 0 Å². The summed E-state index contributed by atoms with van der Waals surface area (Å²) in [6.45, 7) is 4.04. The predicted molar refractivity (Wildman–Crippen MR) is 121 cm³/mol. The Morgan fingerprint density at radius 3 is 2.80 bits per heavy atom. The molecule has 0 saturated carbocycles. The first kappa shape index (κ1) is 19.6. The summed E-state index contributed by atoms with van der Waals surface area (Å²) < 4.78 is 11.1. The van der Waals surface area contributed by atoms with Crippen molar-refractivity contribution in [1.82, 2.24) is 10.3 Å². The molecule has 2 aromatic carbocycles. The molecule has 2 aromatic heterocycles. The topological polar surface area (TPSA) is 80.3 Å². The third kappa shape index (κ3) is 4.47. The number of fused-ring (bicyclic) bond motifs is 1. The molecule has 0 spiro atoms. The van der Waals surface area contributed by atoms with Crippen molar-refractivity contribution in [1.29, 1.82) is 0 Å². The van der Waals surface area contributed by atoms with Crippen LogP contribution in [0.1, 0.15) is 16.9 Å². The van der Waals surface area contributed by atoms with Gasteiger partial charge in [0.2, 0.25) is 11.8 Å². The average molecular weight is 417 g/mol. The molecule has 4 aromatic rings. The minimum absolute atomic E-state index is 0.185. The van der Waals surface area contributed by atoms with Crippen LogP contribution in [0, 0.1) is 13.8 Å². The molecule has 2 N–H and O–H groups in total. The number of furan rings is 1. The Bertz CT molecular complexity index is 1260. The molecule has 0 unspecified atom stereocenters. The fourth-order valence-corrected chi connectivity index (χ4v) is 3.31. The van der Waals surface area contributed by atoms with Crippen LogP contribution in [-0.4, -0.2) is 16.0 Å². The summed E-state index contributed by atoms with van der Waals surface area (Å²) in [4.78, 5) is 16.6. The summed E-state index contributed by atoms with van der Waals surface area (Å²) in [6, 6.07) is 15.0. The highest BCUT2D eigenvalue weighted by Gasteiger charge is 2.11. The van der Waals surface area contributed by atoms with Crippen LogP contribution in [0.2, 0.25) is 0 Å². The van der Waals surface area contributed by atoms with Gasteiger partial charge in [-0.3, -0.25) is 10.1 Å². The Hall–Kier alpha value is -3.71. The highest BCUT2D eigenvalue weighted by molar-refractivity contribution is 7.80. The van der Waals surface area contributed by atoms with E-state index in [1.807, 2.05) is 44.2 Å². The highest BCUT2D eigenvalue weighted by Crippen LogP contribution is 2.28. The van der Waals surface area contributed by atoms with E-state index in [2.05, 4.69) is 21.7 Å². The van der Waals surface area contributed by atoms with Crippen LogP contribution >= 0.6 is 12.2 Å². The number of aryl methyl sites for hydroxylation is 2. The van der Waals surface area contributed by atoms with Crippen molar-refractivity contribution in [3.63, 3.8) is 0 Å². The molecule has 0 bridgehead atoms. The van der Waals surface area contributed by atoms with E-state index in [0.29, 0.717) is 17.3 Å². The number of hydrogen-bond acceptors (Lipinski definition) is 5. The zero-order chi connectivity index (χ0) is 21.1. The summed E-state index contributed by atoms with van der Waals surface area (Å²) in [7, 11) is 0. The molecule has 0 fully saturated rings. The monoisotopic (exact) mass is 417 g/mol. The minimum Gasteiger partial charge on any atom is -0.465 e. The fourth-order valence-electron chi connectivity index (χ4n) is 3.09. The molecule has 0 aliphatic rings. The summed E-state index contributed by atoms with van der Waals surface area (Å²) >= 11 is 5.23. The number of carbonyl (C=O) groups excluding carboxylic acids is 1. The number of nitrogens with zero attached hydrogens (tertiary/aromatic N) is 1. The van der Waals surface area contributed by atoms with E-state index in [9.17, 15) is 4.79 Å². The molecule has 2 heterocycles. The normalized spacial score (nSPS) is 11.1. The number of nitrogens with one attached hydrogen (secondary N) is 2. The zero-order valence-corrected chi connectivity index (χ0v) is 17.2. The van der Waals surface area contributed by atoms with Crippen LogP contribution < -0.4 is 10.6 Å². The number of rotatable bonds is 4. The van der Waals surface area contributed by atoms with Crippen LogP contribution in [0.5, 0.6) is 0 Å². The molecule has 4 rings (SSSR count). The number of hydrogen-bond donors (Lipinski definition) is 2. The maximum absolute atomic E-state index is 12.0. The van der Waals surface area contributed by atoms with E-state index in [1.165, 1.54) is 12.3 Å². The third-order valence-corrected chi connectivity index (χ3v) is 4.57. The SMILES string of the molecule is Cc1cc(C)c2oc(-c3cccc(NC(=S)NC(=O)C=Cc4ccco4)c3)nc2c1. The Balaban J connectivity index is 1.46. The Morgan fingerprint density at radius 2 is 2.00 bits per heavy atom. The molecule has 0 saturated heterocycles. The maximum Gasteiger partial charge on any atom is 0.250 e. The van der Waals surface area contributed by atoms with Crippen molar-refractivity contribution in [2.45, 2.75) is 13.8 Å². The lowest BCUT2D eigenvalue weighted by Gasteiger charge is -2.08. The molecule has 1 amide bonds. The van der Waals surface area contributed by atoms with Crippen LogP contribution in [0.3, 0.4) is 0 Å². The van der Waals surface area contributed by atoms with Crippen LogP contribution in [-0.2, 0) is 4.79 Å². The predicted octanol–water partition coefficient (Wildman–Crippen LogP) is 5.23. The van der Waals surface area contributed by atoms with Gasteiger partial charge in [0.15, 0.2) is 10.7 Å². The second-order valence-electron chi connectivity index (χ2n) is 6.82. The van der Waals surface area contributed by atoms with Crippen LogP contribution in [0.25, 0.3) is 28.6 Å². The number of carbonyl (C=O) groups is 1. The molecule has 0 atom stereocenters. The summed E-state index contributed by atoms with van der Waals surface area (Å²) in [6.07, 6.45) is 4.46. The van der Waals surface area contributed by atoms with Crippen molar-refractivity contribution in [2.75, 3.05) is 5.32 Å². The Labute approximate surface area is 178 Å². The van der Waals surface area contributed by atoms with Gasteiger partial charge in [-0.15, -0.1) is 0 Å². The lowest BCUT2D eigenvalue weighted by Crippen LogP contribution is -2.32. The lowest BCUT2D eigenvalue weighted by atomic mass is 10.1. The van der Waals surface area contributed by atoms with Gasteiger partial charge >= 0.3 is 0 Å². The molecule has 0 aliphatic carbocycles. The largest absolute Gasteiger partial charge is 0.465 e. The lowest BCUT2D eigenvalue weighted by molar-refractivity contribution is -0.115. The van der Waals surface area contributed by atoms with E-state index in [4.69, 9.17) is 21.1 Å². The van der Waals surface area contributed by atoms with Gasteiger partial charge < -0.3 is 14.2 Å². The number of aromatic nitrogens is 1. The van der Waals surface area contributed by atoms with Crippen molar-refractivity contribution in [3.8, 4) is 11.5 Å². The minimum atomic E-state index is -0.357. The first-order valence-corrected chi connectivity index (χ1v) is 9.70. The van der Waals surface area contributed by atoms with E-state index in [1.54, 1.807) is 18.2 Å². The molecular weight excluding hydrogens is 398 g/mol. The molecule has 30 heavy (non-hydrogen) atoms.